The molecule has 0 spiro atoms. The monoisotopic (exact) mass is 408 g/mol. The standard InChI is InChI=1S/C20H22F2N2O5/c1-3-4-10-28-16-9-8-14(12-17(16)27-2)19(26)24-23-18(25)13-6-5-7-15(11-13)29-20(21)22/h5-9,11-12,20H,3-4,10H2,1-2H3,(H,23,25)(H,24,26). The van der Waals surface area contributed by atoms with Gasteiger partial charge in [-0.15, -0.1) is 0 Å². The molecule has 7 nitrogen and oxygen atoms in total. The van der Waals surface area contributed by atoms with Gasteiger partial charge in [0.15, 0.2) is 11.5 Å². The van der Waals surface area contributed by atoms with Crippen LogP contribution in [0.5, 0.6) is 17.2 Å². The Labute approximate surface area is 166 Å². The van der Waals surface area contributed by atoms with Crippen LogP contribution in [0.1, 0.15) is 40.5 Å². The van der Waals surface area contributed by atoms with Crippen LogP contribution in [0.15, 0.2) is 42.5 Å². The zero-order chi connectivity index (χ0) is 21.2. The molecule has 0 bridgehead atoms. The molecular weight excluding hydrogens is 386 g/mol. The van der Waals surface area contributed by atoms with Gasteiger partial charge >= 0.3 is 6.61 Å². The highest BCUT2D eigenvalue weighted by molar-refractivity contribution is 5.99. The van der Waals surface area contributed by atoms with Crippen LogP contribution in [-0.2, 0) is 0 Å². The van der Waals surface area contributed by atoms with Crippen molar-refractivity contribution >= 4 is 11.8 Å². The van der Waals surface area contributed by atoms with Crippen LogP contribution in [0, 0.1) is 0 Å². The smallest absolute Gasteiger partial charge is 0.387 e. The van der Waals surface area contributed by atoms with Crippen molar-refractivity contribution in [2.45, 2.75) is 26.4 Å². The molecule has 2 amide bonds. The van der Waals surface area contributed by atoms with E-state index in [1.807, 2.05) is 6.92 Å². The molecule has 2 aromatic rings. The number of hydrogen-bond acceptors (Lipinski definition) is 5. The summed E-state index contributed by atoms with van der Waals surface area (Å²) in [5.74, 6) is -0.544. The summed E-state index contributed by atoms with van der Waals surface area (Å²) in [6, 6.07) is 9.83. The summed E-state index contributed by atoms with van der Waals surface area (Å²) in [5, 5.41) is 0. The Hall–Kier alpha value is -3.36. The van der Waals surface area contributed by atoms with Crippen molar-refractivity contribution in [3.8, 4) is 17.2 Å². The Bertz CT molecular complexity index is 845. The summed E-state index contributed by atoms with van der Waals surface area (Å²) < 4.78 is 39.6. The maximum atomic E-state index is 12.3. The van der Waals surface area contributed by atoms with Crippen molar-refractivity contribution in [3.05, 3.63) is 53.6 Å². The largest absolute Gasteiger partial charge is 0.493 e. The molecule has 29 heavy (non-hydrogen) atoms. The number of benzene rings is 2. The molecule has 0 aromatic heterocycles. The summed E-state index contributed by atoms with van der Waals surface area (Å²) in [6.45, 7) is -0.426. The molecule has 0 radical (unpaired) electrons. The normalized spacial score (nSPS) is 10.4. The summed E-state index contributed by atoms with van der Waals surface area (Å²) in [4.78, 5) is 24.4. The quantitative estimate of drug-likeness (QED) is 0.490. The van der Waals surface area contributed by atoms with Gasteiger partial charge in [-0.3, -0.25) is 20.4 Å². The number of hydrazine groups is 1. The predicted octanol–water partition coefficient (Wildman–Crippen LogP) is 3.55. The van der Waals surface area contributed by atoms with Gasteiger partial charge in [-0.1, -0.05) is 19.4 Å². The highest BCUT2D eigenvalue weighted by atomic mass is 19.3. The fourth-order valence-corrected chi connectivity index (χ4v) is 2.33. The van der Waals surface area contributed by atoms with Crippen molar-refractivity contribution in [2.24, 2.45) is 0 Å². The Kier molecular flexibility index (Phi) is 8.20. The minimum Gasteiger partial charge on any atom is -0.493 e. The van der Waals surface area contributed by atoms with Crippen LogP contribution in [0.2, 0.25) is 0 Å². The Morgan fingerprint density at radius 3 is 2.31 bits per heavy atom. The molecule has 2 aromatic carbocycles. The molecule has 0 fully saturated rings. The third-order valence-corrected chi connectivity index (χ3v) is 3.79. The maximum Gasteiger partial charge on any atom is 0.387 e. The Morgan fingerprint density at radius 1 is 1.00 bits per heavy atom. The van der Waals surface area contributed by atoms with Gasteiger partial charge in [0.2, 0.25) is 0 Å². The van der Waals surface area contributed by atoms with Gasteiger partial charge in [-0.25, -0.2) is 0 Å². The molecule has 0 atom stereocenters. The number of rotatable bonds is 9. The zero-order valence-corrected chi connectivity index (χ0v) is 16.0. The second kappa shape index (κ2) is 10.8. The lowest BCUT2D eigenvalue weighted by atomic mass is 10.2. The van der Waals surface area contributed by atoms with Crippen molar-refractivity contribution in [1.29, 1.82) is 0 Å². The molecule has 0 aliphatic heterocycles. The van der Waals surface area contributed by atoms with E-state index in [2.05, 4.69) is 15.6 Å². The second-order valence-corrected chi connectivity index (χ2v) is 5.88. The fraction of sp³-hybridized carbons (Fsp3) is 0.300. The summed E-state index contributed by atoms with van der Waals surface area (Å²) in [7, 11) is 1.46. The van der Waals surface area contributed by atoms with Gasteiger partial charge in [-0.05, 0) is 42.8 Å². The lowest BCUT2D eigenvalue weighted by Gasteiger charge is -2.12. The molecule has 2 rings (SSSR count). The van der Waals surface area contributed by atoms with Gasteiger partial charge < -0.3 is 14.2 Å². The van der Waals surface area contributed by atoms with E-state index in [1.54, 1.807) is 6.07 Å². The first-order valence-electron chi connectivity index (χ1n) is 8.91. The Morgan fingerprint density at radius 2 is 1.69 bits per heavy atom. The number of unbranched alkanes of at least 4 members (excludes halogenated alkanes) is 1. The van der Waals surface area contributed by atoms with Crippen LogP contribution in [0.4, 0.5) is 8.78 Å². The van der Waals surface area contributed by atoms with Gasteiger partial charge in [0.25, 0.3) is 11.8 Å². The lowest BCUT2D eigenvalue weighted by molar-refractivity contribution is -0.0498. The molecule has 0 aliphatic rings. The second-order valence-electron chi connectivity index (χ2n) is 5.88. The van der Waals surface area contributed by atoms with Crippen LogP contribution in [0.25, 0.3) is 0 Å². The minimum atomic E-state index is -3.00. The molecule has 0 unspecified atom stereocenters. The molecule has 156 valence electrons. The number of methoxy groups -OCH3 is 1. The minimum absolute atomic E-state index is 0.0423. The van der Waals surface area contributed by atoms with Crippen LogP contribution < -0.4 is 25.1 Å². The predicted molar refractivity (Wildman–Crippen MR) is 101 cm³/mol. The molecule has 0 saturated heterocycles. The molecule has 9 heteroatoms. The fourth-order valence-electron chi connectivity index (χ4n) is 2.33. The summed E-state index contributed by atoms with van der Waals surface area (Å²) >= 11 is 0. The first kappa shape index (κ1) is 21.9. The maximum absolute atomic E-state index is 12.3. The first-order valence-corrected chi connectivity index (χ1v) is 8.91. The average Bonchev–Trinajstić information content (AvgIpc) is 2.71. The van der Waals surface area contributed by atoms with Crippen molar-refractivity contribution in [3.63, 3.8) is 0 Å². The number of amides is 2. The van der Waals surface area contributed by atoms with Crippen LogP contribution in [0.3, 0.4) is 0 Å². The van der Waals surface area contributed by atoms with Crippen molar-refractivity contribution in [1.82, 2.24) is 10.9 Å². The van der Waals surface area contributed by atoms with E-state index < -0.39 is 18.4 Å². The van der Waals surface area contributed by atoms with Crippen molar-refractivity contribution < 1.29 is 32.6 Å². The van der Waals surface area contributed by atoms with E-state index in [0.717, 1.165) is 18.9 Å². The third-order valence-electron chi connectivity index (χ3n) is 3.79. The zero-order valence-electron chi connectivity index (χ0n) is 16.0. The molecule has 0 heterocycles. The number of ether oxygens (including phenoxy) is 3. The van der Waals surface area contributed by atoms with Gasteiger partial charge in [-0.2, -0.15) is 8.78 Å². The topological polar surface area (TPSA) is 85.9 Å². The van der Waals surface area contributed by atoms with E-state index in [9.17, 15) is 18.4 Å². The lowest BCUT2D eigenvalue weighted by Crippen LogP contribution is -2.41. The van der Waals surface area contributed by atoms with E-state index in [-0.39, 0.29) is 16.9 Å². The van der Waals surface area contributed by atoms with E-state index in [1.165, 1.54) is 37.4 Å². The van der Waals surface area contributed by atoms with Gasteiger partial charge in [0, 0.05) is 11.1 Å². The van der Waals surface area contributed by atoms with Crippen LogP contribution in [-0.4, -0.2) is 32.1 Å². The van der Waals surface area contributed by atoms with Crippen molar-refractivity contribution in [2.75, 3.05) is 13.7 Å². The highest BCUT2D eigenvalue weighted by Crippen LogP contribution is 2.28. The molecule has 0 saturated carbocycles. The van der Waals surface area contributed by atoms with Gasteiger partial charge in [0.1, 0.15) is 5.75 Å². The number of hydrogen-bond donors (Lipinski definition) is 2. The number of carbonyl (C=O) groups is 2. The van der Waals surface area contributed by atoms with E-state index >= 15 is 0 Å². The summed E-state index contributed by atoms with van der Waals surface area (Å²) in [5.41, 5.74) is 4.75. The Balaban J connectivity index is 1.98. The number of alkyl halides is 2. The number of nitrogens with one attached hydrogen (secondary N) is 2. The first-order chi connectivity index (χ1) is 13.9. The number of carbonyl (C=O) groups excluding carboxylic acids is 2. The van der Waals surface area contributed by atoms with Crippen LogP contribution >= 0.6 is 0 Å². The summed E-state index contributed by atoms with van der Waals surface area (Å²) in [6.07, 6.45) is 1.88. The number of halogens is 2. The van der Waals surface area contributed by atoms with Gasteiger partial charge in [0.05, 0.1) is 13.7 Å². The third kappa shape index (κ3) is 6.63. The molecule has 2 N–H and O–H groups in total. The highest BCUT2D eigenvalue weighted by Gasteiger charge is 2.14. The van der Waals surface area contributed by atoms with E-state index in [0.29, 0.717) is 18.1 Å². The average molecular weight is 408 g/mol. The SMILES string of the molecule is CCCCOc1ccc(C(=O)NNC(=O)c2cccc(OC(F)F)c2)cc1OC. The van der Waals surface area contributed by atoms with E-state index in [4.69, 9.17) is 9.47 Å². The molecule has 0 aliphatic carbocycles. The molecular formula is C20H22F2N2O5.